The number of rotatable bonds is 4. The van der Waals surface area contributed by atoms with Crippen LogP contribution in [0, 0.1) is 0 Å². The zero-order valence-corrected chi connectivity index (χ0v) is 14.6. The van der Waals surface area contributed by atoms with Gasteiger partial charge >= 0.3 is 56.0 Å². The van der Waals surface area contributed by atoms with Crippen LogP contribution in [0.2, 0.25) is 0 Å². The molecule has 0 aromatic heterocycles. The van der Waals surface area contributed by atoms with Gasteiger partial charge in [0.1, 0.15) is 0 Å². The van der Waals surface area contributed by atoms with Crippen LogP contribution >= 0.6 is 15.2 Å². The molecule has 0 aromatic carbocycles. The van der Waals surface area contributed by atoms with Crippen LogP contribution in [0.4, 0.5) is 0 Å². The molecule has 14 heteroatoms. The Bertz CT molecular complexity index is 222. The molecule has 0 saturated heterocycles. The van der Waals surface area contributed by atoms with Crippen LogP contribution in [0.15, 0.2) is 0 Å². The van der Waals surface area contributed by atoms with Crippen LogP contribution in [0.1, 0.15) is 0 Å². The fourth-order valence-corrected chi connectivity index (χ4v) is 2.16. The van der Waals surface area contributed by atoms with Crippen molar-refractivity contribution in [3.63, 3.8) is 0 Å². The molecule has 0 aliphatic heterocycles. The van der Waals surface area contributed by atoms with Crippen LogP contribution < -0.4 is 0 Å². The second kappa shape index (κ2) is 19.5. The van der Waals surface area contributed by atoms with E-state index in [9.17, 15) is 9.13 Å². The topological polar surface area (TPSA) is 210 Å². The minimum absolute atomic E-state index is 0. The molecule has 0 atom stereocenters. The molecular weight excluding hydrogens is 487 g/mol. The summed E-state index contributed by atoms with van der Waals surface area (Å²) in [4.78, 5) is 31.9. The van der Waals surface area contributed by atoms with Gasteiger partial charge in [-0.05, 0) is 0 Å². The summed E-state index contributed by atoms with van der Waals surface area (Å²) in [5.74, 6) is -1.38. The Kier molecular flexibility index (Phi) is 33.2. The van der Waals surface area contributed by atoms with E-state index < -0.39 is 21.1 Å². The largest absolute Gasteiger partial charge is 2.00 e. The predicted molar refractivity (Wildman–Crippen MR) is 65.7 cm³/mol. The third-order valence-corrected chi connectivity index (χ3v) is 3.57. The summed E-state index contributed by atoms with van der Waals surface area (Å²) in [6.07, 6.45) is 0. The summed E-state index contributed by atoms with van der Waals surface area (Å²) in [5.41, 5.74) is 25.1. The maximum atomic E-state index is 9.85. The van der Waals surface area contributed by atoms with E-state index in [1.807, 2.05) is 0 Å². The Morgan fingerprint density at radius 1 is 0.632 bits per heavy atom. The summed E-state index contributed by atoms with van der Waals surface area (Å²) >= 11 is 0. The van der Waals surface area contributed by atoms with Crippen molar-refractivity contribution in [2.24, 2.45) is 0 Å². The van der Waals surface area contributed by atoms with Crippen LogP contribution in [-0.2, 0) is 50.0 Å². The van der Waals surface area contributed by atoms with Gasteiger partial charge in [0, 0.05) is 0 Å². The average molecular weight is 505 g/mol. The van der Waals surface area contributed by atoms with Gasteiger partial charge in [-0.25, -0.2) is 0 Å². The first-order valence-electron chi connectivity index (χ1n) is 4.21. The molecular formula is C5H18N4O6P2Pd2. The van der Waals surface area contributed by atoms with Gasteiger partial charge in [0.25, 0.3) is 0 Å². The third kappa shape index (κ3) is 66.3. The minimum atomic E-state index is -4.55. The molecule has 0 aliphatic rings. The van der Waals surface area contributed by atoms with E-state index in [1.54, 1.807) is 0 Å². The molecule has 0 aromatic rings. The van der Waals surface area contributed by atoms with Crippen molar-refractivity contribution in [1.29, 1.82) is 0 Å². The number of hydrogen-bond acceptors (Lipinski definition) is 2. The van der Waals surface area contributed by atoms with Crippen LogP contribution in [-0.4, -0.2) is 51.7 Å². The molecule has 0 amide bonds. The summed E-state index contributed by atoms with van der Waals surface area (Å²) < 4.78 is 19.7. The van der Waals surface area contributed by atoms with Crippen LogP contribution in [0.3, 0.4) is 0 Å². The summed E-state index contributed by atoms with van der Waals surface area (Å²) in [6.45, 7) is 0.944. The summed E-state index contributed by atoms with van der Waals surface area (Å²) in [7, 11) is -9.10. The second-order valence-corrected chi connectivity index (χ2v) is 6.26. The molecule has 0 rings (SSSR count). The molecule has 0 fully saturated rings. The molecule has 124 valence electrons. The molecule has 0 bridgehead atoms. The van der Waals surface area contributed by atoms with Gasteiger partial charge in [-0.1, -0.05) is 0 Å². The molecule has 8 N–H and O–H groups in total. The first-order chi connectivity index (χ1) is 7.54. The fourth-order valence-electron chi connectivity index (χ4n) is 0.240. The second-order valence-electron chi connectivity index (χ2n) is 2.47. The van der Waals surface area contributed by atoms with E-state index in [-0.39, 0.29) is 67.0 Å². The van der Waals surface area contributed by atoms with E-state index in [2.05, 4.69) is 0 Å². The van der Waals surface area contributed by atoms with Crippen molar-refractivity contribution in [2.45, 2.75) is 0 Å². The Morgan fingerprint density at radius 3 is 0.789 bits per heavy atom. The maximum Gasteiger partial charge on any atom is 2.00 e. The Balaban J connectivity index is -0.0000000560. The zero-order chi connectivity index (χ0) is 14.5. The van der Waals surface area contributed by atoms with Crippen molar-refractivity contribution < 1.29 is 69.5 Å². The predicted octanol–water partition coefficient (Wildman–Crippen LogP) is 1.48. The minimum Gasteiger partial charge on any atom is -0.679 e. The Labute approximate surface area is 139 Å². The monoisotopic (exact) mass is 504 g/mol. The quantitative estimate of drug-likeness (QED) is 0.328. The van der Waals surface area contributed by atoms with Gasteiger partial charge in [0.05, 0.1) is 0 Å². The van der Waals surface area contributed by atoms with Crippen LogP contribution in [0.5, 0.6) is 0 Å². The normalized spacial score (nSPS) is 9.68. The van der Waals surface area contributed by atoms with E-state index in [0.29, 0.717) is 0 Å². The van der Waals surface area contributed by atoms with Gasteiger partial charge in [-0.3, -0.25) is 9.13 Å². The number of hydrogen-bond donors (Lipinski definition) is 4. The standard InChI is InChI=1S/2C2H6N2.CH6O6P2.2Pd/c2*3-1-2-4;2-8(3,4)1-9(5,6)7;;/h2*3-4H,1-2H2;1H2,(H2,2,3,4)(H2,5,6,7);;/q2*-2;;2*+2. The zero-order valence-electron chi connectivity index (χ0n) is 9.67. The van der Waals surface area contributed by atoms with Crippen molar-refractivity contribution in [3.8, 4) is 0 Å². The van der Waals surface area contributed by atoms with Gasteiger partial charge in [-0.2, -0.15) is 26.2 Å². The van der Waals surface area contributed by atoms with E-state index in [1.165, 1.54) is 0 Å². The SMILES string of the molecule is O=P(O)(O)CP(=O)(O)O.[NH-]CC[NH-].[NH-]CC[NH-].[Pd+2].[Pd+2]. The molecule has 0 spiro atoms. The van der Waals surface area contributed by atoms with E-state index >= 15 is 0 Å². The van der Waals surface area contributed by atoms with E-state index in [4.69, 9.17) is 42.5 Å². The van der Waals surface area contributed by atoms with Gasteiger partial charge in [-0.15, -0.1) is 0 Å². The summed E-state index contributed by atoms with van der Waals surface area (Å²) in [5, 5.41) is 0. The van der Waals surface area contributed by atoms with Crippen molar-refractivity contribution in [2.75, 3.05) is 32.1 Å². The number of nitrogens with one attached hydrogen (secondary N) is 4. The third-order valence-electron chi connectivity index (χ3n) is 0.618. The molecule has 0 radical (unpaired) electrons. The van der Waals surface area contributed by atoms with Gasteiger partial charge in [0.2, 0.25) is 0 Å². The molecule has 19 heavy (non-hydrogen) atoms. The first-order valence-corrected chi connectivity index (χ1v) is 7.81. The van der Waals surface area contributed by atoms with Gasteiger partial charge < -0.3 is 42.5 Å². The van der Waals surface area contributed by atoms with Crippen molar-refractivity contribution in [3.05, 3.63) is 22.9 Å². The van der Waals surface area contributed by atoms with Gasteiger partial charge in [0.15, 0.2) is 5.90 Å². The van der Waals surface area contributed by atoms with Crippen LogP contribution in [0.25, 0.3) is 22.9 Å². The molecule has 0 aliphatic carbocycles. The molecule has 0 unspecified atom stereocenters. The molecule has 0 saturated carbocycles. The molecule has 0 heterocycles. The fraction of sp³-hybridized carbons (Fsp3) is 1.00. The van der Waals surface area contributed by atoms with E-state index in [0.717, 1.165) is 0 Å². The Morgan fingerprint density at radius 2 is 0.789 bits per heavy atom. The first kappa shape index (κ1) is 32.4. The maximum absolute atomic E-state index is 9.85. The Hall–Kier alpha value is 1.46. The summed E-state index contributed by atoms with van der Waals surface area (Å²) in [6, 6.07) is 0. The van der Waals surface area contributed by atoms with Crippen molar-refractivity contribution in [1.82, 2.24) is 0 Å². The molecule has 10 nitrogen and oxygen atoms in total. The average Bonchev–Trinajstić information content (AvgIpc) is 2.13. The smallest absolute Gasteiger partial charge is 0.679 e. The van der Waals surface area contributed by atoms with Crippen molar-refractivity contribution >= 4 is 15.2 Å².